The second-order valence-electron chi connectivity index (χ2n) is 4.38. The summed E-state index contributed by atoms with van der Waals surface area (Å²) in [5.41, 5.74) is 5.54. The number of ketones is 1. The van der Waals surface area contributed by atoms with Crippen molar-refractivity contribution in [2.75, 3.05) is 13.6 Å². The maximum atomic E-state index is 12.7. The third-order valence-electron chi connectivity index (χ3n) is 2.83. The SMILES string of the molecule is C=C/C(C(N)=O)=C(\C=C/CC)C(=O)C(=C/CNC)/C(O)=C\C.CC. The number of aliphatic hydroxyl groups is 1. The van der Waals surface area contributed by atoms with E-state index in [2.05, 4.69) is 11.9 Å². The first-order chi connectivity index (χ1) is 11.4. The van der Waals surface area contributed by atoms with Gasteiger partial charge in [-0.1, -0.05) is 51.7 Å². The predicted octanol–water partition coefficient (Wildman–Crippen LogP) is 3.12. The largest absolute Gasteiger partial charge is 0.508 e. The van der Waals surface area contributed by atoms with Gasteiger partial charge in [0.15, 0.2) is 5.78 Å². The van der Waals surface area contributed by atoms with Gasteiger partial charge in [0.25, 0.3) is 0 Å². The van der Waals surface area contributed by atoms with Crippen molar-refractivity contribution in [1.29, 1.82) is 0 Å². The van der Waals surface area contributed by atoms with Gasteiger partial charge in [-0.15, -0.1) is 0 Å². The molecule has 0 aromatic carbocycles. The van der Waals surface area contributed by atoms with E-state index in [0.717, 1.165) is 0 Å². The molecule has 0 atom stereocenters. The van der Waals surface area contributed by atoms with E-state index in [1.165, 1.54) is 18.2 Å². The van der Waals surface area contributed by atoms with Crippen molar-refractivity contribution in [3.05, 3.63) is 59.4 Å². The Kier molecular flexibility index (Phi) is 14.1. The zero-order valence-electron chi connectivity index (χ0n) is 15.3. The van der Waals surface area contributed by atoms with Gasteiger partial charge >= 0.3 is 0 Å². The van der Waals surface area contributed by atoms with Crippen molar-refractivity contribution in [3.8, 4) is 0 Å². The zero-order chi connectivity index (χ0) is 19.1. The lowest BCUT2D eigenvalue weighted by molar-refractivity contribution is -0.115. The minimum absolute atomic E-state index is 0.0222. The summed E-state index contributed by atoms with van der Waals surface area (Å²) >= 11 is 0. The number of rotatable bonds is 9. The third kappa shape index (κ3) is 7.74. The summed E-state index contributed by atoms with van der Waals surface area (Å²) < 4.78 is 0. The summed E-state index contributed by atoms with van der Waals surface area (Å²) in [6.07, 6.45) is 8.17. The first kappa shape index (κ1) is 23.9. The molecule has 0 saturated heterocycles. The Labute approximate surface area is 145 Å². The van der Waals surface area contributed by atoms with E-state index in [-0.39, 0.29) is 22.5 Å². The number of likely N-dealkylation sites (N-methyl/N-ethyl adjacent to an activating group) is 1. The Hall–Kier alpha value is -2.40. The Morgan fingerprint density at radius 2 is 1.83 bits per heavy atom. The number of carbonyl (C=O) groups excluding carboxylic acids is 2. The Morgan fingerprint density at radius 1 is 1.25 bits per heavy atom. The number of Topliss-reactive ketones (excluding diaryl/α,β-unsaturated/α-hetero) is 1. The van der Waals surface area contributed by atoms with E-state index in [1.807, 2.05) is 20.8 Å². The van der Waals surface area contributed by atoms with Gasteiger partial charge in [-0.2, -0.15) is 0 Å². The summed E-state index contributed by atoms with van der Waals surface area (Å²) in [5, 5.41) is 12.8. The highest BCUT2D eigenvalue weighted by Crippen LogP contribution is 2.18. The van der Waals surface area contributed by atoms with E-state index >= 15 is 0 Å². The van der Waals surface area contributed by atoms with E-state index in [4.69, 9.17) is 5.73 Å². The molecule has 4 N–H and O–H groups in total. The average molecular weight is 334 g/mol. The maximum Gasteiger partial charge on any atom is 0.249 e. The highest BCUT2D eigenvalue weighted by molar-refractivity contribution is 6.17. The molecule has 0 aromatic heterocycles. The molecule has 0 radical (unpaired) electrons. The van der Waals surface area contributed by atoms with Gasteiger partial charge in [0.1, 0.15) is 5.76 Å². The van der Waals surface area contributed by atoms with Crippen LogP contribution < -0.4 is 11.1 Å². The van der Waals surface area contributed by atoms with Crippen LogP contribution in [-0.4, -0.2) is 30.4 Å². The zero-order valence-corrected chi connectivity index (χ0v) is 15.3. The minimum atomic E-state index is -0.743. The highest BCUT2D eigenvalue weighted by Gasteiger charge is 2.20. The normalized spacial score (nSPS) is 13.0. The Balaban J connectivity index is 0. The van der Waals surface area contributed by atoms with Crippen LogP contribution in [0.5, 0.6) is 0 Å². The van der Waals surface area contributed by atoms with Gasteiger partial charge in [0.05, 0.1) is 5.57 Å². The molecule has 0 aliphatic carbocycles. The molecule has 5 nitrogen and oxygen atoms in total. The number of nitrogens with two attached hydrogens (primary N) is 1. The quantitative estimate of drug-likeness (QED) is 0.343. The molecule has 134 valence electrons. The van der Waals surface area contributed by atoms with Crippen molar-refractivity contribution in [3.63, 3.8) is 0 Å². The summed E-state index contributed by atoms with van der Waals surface area (Å²) in [4.78, 5) is 24.2. The molecule has 5 heteroatoms. The van der Waals surface area contributed by atoms with Gasteiger partial charge in [0.2, 0.25) is 5.91 Å². The van der Waals surface area contributed by atoms with E-state index in [0.29, 0.717) is 13.0 Å². The fourth-order valence-electron chi connectivity index (χ4n) is 1.69. The summed E-state index contributed by atoms with van der Waals surface area (Å²) in [7, 11) is 1.72. The lowest BCUT2D eigenvalue weighted by Gasteiger charge is -2.10. The average Bonchev–Trinajstić information content (AvgIpc) is 2.59. The molecule has 0 bridgehead atoms. The molecule has 0 heterocycles. The molecule has 1 amide bonds. The smallest absolute Gasteiger partial charge is 0.249 e. The molecule has 0 aromatic rings. The predicted molar refractivity (Wildman–Crippen MR) is 101 cm³/mol. The number of primary amides is 1. The van der Waals surface area contributed by atoms with Crippen LogP contribution in [-0.2, 0) is 9.59 Å². The van der Waals surface area contributed by atoms with Crippen molar-refractivity contribution in [2.45, 2.75) is 34.1 Å². The molecule has 0 aliphatic heterocycles. The second-order valence-corrected chi connectivity index (χ2v) is 4.38. The van der Waals surface area contributed by atoms with Gasteiger partial charge in [-0.05, 0) is 26.5 Å². The minimum Gasteiger partial charge on any atom is -0.508 e. The molecule has 24 heavy (non-hydrogen) atoms. The van der Waals surface area contributed by atoms with Crippen LogP contribution in [0.25, 0.3) is 0 Å². The number of nitrogens with one attached hydrogen (secondary N) is 1. The molecular formula is C19H30N2O3. The molecule has 0 fully saturated rings. The highest BCUT2D eigenvalue weighted by atomic mass is 16.3. The second kappa shape index (κ2) is 14.2. The first-order valence-corrected chi connectivity index (χ1v) is 8.02. The van der Waals surface area contributed by atoms with Gasteiger partial charge < -0.3 is 16.2 Å². The van der Waals surface area contributed by atoms with E-state index < -0.39 is 11.7 Å². The fraction of sp³-hybridized carbons (Fsp3) is 0.368. The van der Waals surface area contributed by atoms with Gasteiger partial charge in [0, 0.05) is 17.7 Å². The van der Waals surface area contributed by atoms with Crippen LogP contribution in [0.2, 0.25) is 0 Å². The number of hydrogen-bond acceptors (Lipinski definition) is 4. The molecule has 0 unspecified atom stereocenters. The third-order valence-corrected chi connectivity index (χ3v) is 2.83. The molecule has 0 aliphatic rings. The van der Waals surface area contributed by atoms with Crippen molar-refractivity contribution < 1.29 is 14.7 Å². The standard InChI is InChI=1S/C17H24N2O3.C2H6/c1-5-8-9-13(12(6-2)17(18)22)16(21)14(10-11-19-4)15(20)7-3;1-2/h6-10,19-20H,2,5,11H2,1,3-4H3,(H2,18,22);1-2H3/b9-8-,13-12-,14-10+,15-7+;. The van der Waals surface area contributed by atoms with Crippen LogP contribution in [0.4, 0.5) is 0 Å². The topological polar surface area (TPSA) is 92.4 Å². The van der Waals surface area contributed by atoms with Crippen LogP contribution in [0.1, 0.15) is 34.1 Å². The Morgan fingerprint density at radius 3 is 2.21 bits per heavy atom. The first-order valence-electron chi connectivity index (χ1n) is 8.02. The summed E-state index contributed by atoms with van der Waals surface area (Å²) in [6.45, 7) is 11.4. The number of hydrogen-bond donors (Lipinski definition) is 3. The number of carbonyl (C=O) groups is 2. The van der Waals surface area contributed by atoms with Crippen LogP contribution in [0, 0.1) is 0 Å². The fourth-order valence-corrected chi connectivity index (χ4v) is 1.69. The monoisotopic (exact) mass is 334 g/mol. The molecule has 0 spiro atoms. The van der Waals surface area contributed by atoms with Crippen LogP contribution >= 0.6 is 0 Å². The van der Waals surface area contributed by atoms with E-state index in [9.17, 15) is 14.7 Å². The lowest BCUT2D eigenvalue weighted by Crippen LogP contribution is -2.19. The molecule has 0 saturated carbocycles. The van der Waals surface area contributed by atoms with Crippen LogP contribution in [0.15, 0.2) is 59.4 Å². The molecule has 0 rings (SSSR count). The number of allylic oxidation sites excluding steroid dienone is 5. The van der Waals surface area contributed by atoms with Crippen LogP contribution in [0.3, 0.4) is 0 Å². The van der Waals surface area contributed by atoms with E-state index in [1.54, 1.807) is 26.1 Å². The van der Waals surface area contributed by atoms with Gasteiger partial charge in [-0.25, -0.2) is 0 Å². The van der Waals surface area contributed by atoms with Crippen molar-refractivity contribution in [1.82, 2.24) is 5.32 Å². The van der Waals surface area contributed by atoms with Gasteiger partial charge in [-0.3, -0.25) is 9.59 Å². The number of amides is 1. The summed E-state index contributed by atoms with van der Waals surface area (Å²) in [5.74, 6) is -1.38. The summed E-state index contributed by atoms with van der Waals surface area (Å²) in [6, 6.07) is 0. The molecular weight excluding hydrogens is 304 g/mol. The maximum absolute atomic E-state index is 12.7. The number of aliphatic hydroxyl groups excluding tert-OH is 1. The van der Waals surface area contributed by atoms with Crippen molar-refractivity contribution >= 4 is 11.7 Å². The Bertz CT molecular complexity index is 553. The van der Waals surface area contributed by atoms with Crippen molar-refractivity contribution in [2.24, 2.45) is 5.73 Å². The lowest BCUT2D eigenvalue weighted by atomic mass is 9.95.